The van der Waals surface area contributed by atoms with Gasteiger partial charge in [0.1, 0.15) is 11.4 Å². The van der Waals surface area contributed by atoms with Crippen molar-refractivity contribution in [3.05, 3.63) is 28.0 Å². The van der Waals surface area contributed by atoms with Crippen LogP contribution in [0.3, 0.4) is 0 Å². The Balaban J connectivity index is 3.35. The van der Waals surface area contributed by atoms with Crippen LogP contribution in [0.5, 0.6) is 0 Å². The predicted molar refractivity (Wildman–Crippen MR) is 77.7 cm³/mol. The highest BCUT2D eigenvalue weighted by Gasteiger charge is 2.30. The summed E-state index contributed by atoms with van der Waals surface area (Å²) in [5, 5.41) is 7.88. The zero-order chi connectivity index (χ0) is 16.4. The lowest BCUT2D eigenvalue weighted by Crippen LogP contribution is -2.38. The molecule has 0 bridgehead atoms. The van der Waals surface area contributed by atoms with Crippen LogP contribution >= 0.6 is 23.2 Å². The van der Waals surface area contributed by atoms with Crippen molar-refractivity contribution in [2.75, 3.05) is 13.1 Å². The molecule has 0 saturated heterocycles. The second-order valence-electron chi connectivity index (χ2n) is 4.76. The molecular weight excluding hydrogens is 344 g/mol. The maximum absolute atomic E-state index is 13.6. The Morgan fingerprint density at radius 2 is 1.95 bits per heavy atom. The number of hydrogen-bond acceptors (Lipinski definition) is 3. The first-order chi connectivity index (χ1) is 9.57. The summed E-state index contributed by atoms with van der Waals surface area (Å²) in [5.74, 6) is -2.49. The van der Waals surface area contributed by atoms with Gasteiger partial charge in [-0.1, -0.05) is 37.0 Å². The molecule has 0 aliphatic rings. The number of halogens is 3. The number of carboxylic acid groups (broad SMARTS) is 1. The molecule has 0 amide bonds. The van der Waals surface area contributed by atoms with Gasteiger partial charge in [0, 0.05) is 6.54 Å². The summed E-state index contributed by atoms with van der Waals surface area (Å²) in [7, 11) is -4.24. The SMILES string of the molecule is CC(C)CN(CC(=O)O)S(=O)(=O)c1ccc(Cl)c(F)c1Cl. The zero-order valence-electron chi connectivity index (χ0n) is 11.3. The van der Waals surface area contributed by atoms with Gasteiger partial charge in [-0.2, -0.15) is 4.31 Å². The van der Waals surface area contributed by atoms with Crippen molar-refractivity contribution in [1.29, 1.82) is 0 Å². The molecule has 0 aromatic heterocycles. The fourth-order valence-electron chi connectivity index (χ4n) is 1.65. The van der Waals surface area contributed by atoms with E-state index in [1.54, 1.807) is 13.8 Å². The maximum Gasteiger partial charge on any atom is 0.318 e. The molecule has 0 spiro atoms. The number of carbonyl (C=O) groups is 1. The van der Waals surface area contributed by atoms with Gasteiger partial charge in [-0.05, 0) is 18.1 Å². The second-order valence-corrected chi connectivity index (χ2v) is 7.45. The van der Waals surface area contributed by atoms with E-state index in [-0.39, 0.29) is 17.5 Å². The van der Waals surface area contributed by atoms with E-state index in [0.29, 0.717) is 0 Å². The van der Waals surface area contributed by atoms with Gasteiger partial charge in [0.25, 0.3) is 0 Å². The Bertz CT molecular complexity index is 649. The van der Waals surface area contributed by atoms with E-state index >= 15 is 0 Å². The summed E-state index contributed by atoms with van der Waals surface area (Å²) in [4.78, 5) is 10.3. The summed E-state index contributed by atoms with van der Waals surface area (Å²) < 4.78 is 39.3. The van der Waals surface area contributed by atoms with E-state index in [4.69, 9.17) is 28.3 Å². The van der Waals surface area contributed by atoms with Gasteiger partial charge in [0.2, 0.25) is 10.0 Å². The van der Waals surface area contributed by atoms with Gasteiger partial charge in [-0.3, -0.25) is 4.79 Å². The molecule has 0 unspecified atom stereocenters. The third-order valence-electron chi connectivity index (χ3n) is 2.50. The summed E-state index contributed by atoms with van der Waals surface area (Å²) >= 11 is 11.2. The summed E-state index contributed by atoms with van der Waals surface area (Å²) in [6, 6.07) is 2.11. The van der Waals surface area contributed by atoms with Crippen molar-refractivity contribution in [3.63, 3.8) is 0 Å². The molecule has 21 heavy (non-hydrogen) atoms. The predicted octanol–water partition coefficient (Wildman–Crippen LogP) is 2.86. The Labute approximate surface area is 132 Å². The largest absolute Gasteiger partial charge is 0.480 e. The highest BCUT2D eigenvalue weighted by molar-refractivity contribution is 7.89. The van der Waals surface area contributed by atoms with Crippen LogP contribution in [0.4, 0.5) is 4.39 Å². The van der Waals surface area contributed by atoms with Crippen LogP contribution < -0.4 is 0 Å². The second kappa shape index (κ2) is 6.91. The van der Waals surface area contributed by atoms with Crippen LogP contribution in [0, 0.1) is 11.7 Å². The first-order valence-corrected chi connectivity index (χ1v) is 8.12. The van der Waals surface area contributed by atoms with Gasteiger partial charge in [-0.15, -0.1) is 0 Å². The fourth-order valence-corrected chi connectivity index (χ4v) is 3.92. The molecule has 0 saturated carbocycles. The highest BCUT2D eigenvalue weighted by Crippen LogP contribution is 2.31. The Morgan fingerprint density at radius 3 is 2.43 bits per heavy atom. The van der Waals surface area contributed by atoms with Crippen LogP contribution in [0.1, 0.15) is 13.8 Å². The number of sulfonamides is 1. The van der Waals surface area contributed by atoms with Crippen LogP contribution in [0.15, 0.2) is 17.0 Å². The molecular formula is C12H14Cl2FNO4S. The first kappa shape index (κ1) is 18.2. The van der Waals surface area contributed by atoms with E-state index in [2.05, 4.69) is 0 Å². The van der Waals surface area contributed by atoms with Gasteiger partial charge in [0.15, 0.2) is 5.82 Å². The fraction of sp³-hybridized carbons (Fsp3) is 0.417. The minimum Gasteiger partial charge on any atom is -0.480 e. The molecule has 0 heterocycles. The number of benzene rings is 1. The maximum atomic E-state index is 13.6. The Hall–Kier alpha value is -0.890. The van der Waals surface area contributed by atoms with Gasteiger partial charge in [0.05, 0.1) is 10.0 Å². The lowest BCUT2D eigenvalue weighted by molar-refractivity contribution is -0.137. The van der Waals surface area contributed by atoms with Crippen molar-refractivity contribution in [3.8, 4) is 0 Å². The van der Waals surface area contributed by atoms with Crippen molar-refractivity contribution >= 4 is 39.2 Å². The molecule has 0 radical (unpaired) electrons. The first-order valence-electron chi connectivity index (χ1n) is 5.92. The minimum atomic E-state index is -4.24. The average molecular weight is 358 g/mol. The normalized spacial score (nSPS) is 12.1. The number of rotatable bonds is 6. The molecule has 1 aromatic rings. The number of hydrogen-bond donors (Lipinski definition) is 1. The average Bonchev–Trinajstić information content (AvgIpc) is 2.33. The van der Waals surface area contributed by atoms with Crippen molar-refractivity contribution in [1.82, 2.24) is 4.31 Å². The molecule has 1 aromatic carbocycles. The molecule has 118 valence electrons. The molecule has 0 fully saturated rings. The summed E-state index contributed by atoms with van der Waals surface area (Å²) in [6.07, 6.45) is 0. The summed E-state index contributed by atoms with van der Waals surface area (Å²) in [5.41, 5.74) is 0. The van der Waals surface area contributed by atoms with Crippen molar-refractivity contribution in [2.45, 2.75) is 18.7 Å². The Morgan fingerprint density at radius 1 is 1.38 bits per heavy atom. The topological polar surface area (TPSA) is 74.7 Å². The van der Waals surface area contributed by atoms with Crippen LogP contribution in [0.2, 0.25) is 10.0 Å². The standard InChI is InChI=1S/C12H14Cl2FNO4S/c1-7(2)5-16(6-10(17)18)21(19,20)9-4-3-8(13)12(15)11(9)14/h3-4,7H,5-6H2,1-2H3,(H,17,18). The van der Waals surface area contributed by atoms with Crippen molar-refractivity contribution in [2.24, 2.45) is 5.92 Å². The summed E-state index contributed by atoms with van der Waals surface area (Å²) in [6.45, 7) is 2.69. The zero-order valence-corrected chi connectivity index (χ0v) is 13.6. The number of nitrogens with zero attached hydrogens (tertiary/aromatic N) is 1. The van der Waals surface area contributed by atoms with E-state index < -0.39 is 38.3 Å². The highest BCUT2D eigenvalue weighted by atomic mass is 35.5. The smallest absolute Gasteiger partial charge is 0.318 e. The van der Waals surface area contributed by atoms with E-state index in [1.807, 2.05) is 0 Å². The third kappa shape index (κ3) is 4.29. The molecule has 0 aliphatic carbocycles. The van der Waals surface area contributed by atoms with E-state index in [9.17, 15) is 17.6 Å². The minimum absolute atomic E-state index is 0.0325. The van der Waals surface area contributed by atoms with Crippen LogP contribution in [-0.4, -0.2) is 36.9 Å². The lowest BCUT2D eigenvalue weighted by atomic mass is 10.2. The molecule has 0 aliphatic heterocycles. The van der Waals surface area contributed by atoms with Crippen molar-refractivity contribution < 1.29 is 22.7 Å². The lowest BCUT2D eigenvalue weighted by Gasteiger charge is -2.22. The molecule has 9 heteroatoms. The van der Waals surface area contributed by atoms with E-state index in [1.165, 1.54) is 0 Å². The van der Waals surface area contributed by atoms with Crippen LogP contribution in [-0.2, 0) is 14.8 Å². The third-order valence-corrected chi connectivity index (χ3v) is 5.13. The quantitative estimate of drug-likeness (QED) is 0.794. The molecule has 0 atom stereocenters. The molecule has 1 N–H and O–H groups in total. The van der Waals surface area contributed by atoms with Gasteiger partial charge < -0.3 is 5.11 Å². The van der Waals surface area contributed by atoms with E-state index in [0.717, 1.165) is 16.4 Å². The Kier molecular flexibility index (Phi) is 5.98. The monoisotopic (exact) mass is 357 g/mol. The van der Waals surface area contributed by atoms with Gasteiger partial charge >= 0.3 is 5.97 Å². The van der Waals surface area contributed by atoms with Gasteiger partial charge in [-0.25, -0.2) is 12.8 Å². The molecule has 5 nitrogen and oxygen atoms in total. The molecule has 1 rings (SSSR count). The number of aliphatic carboxylic acids is 1. The van der Waals surface area contributed by atoms with Crippen LogP contribution in [0.25, 0.3) is 0 Å². The number of carboxylic acids is 1.